The van der Waals surface area contributed by atoms with Gasteiger partial charge in [0, 0.05) is 15.7 Å². The molecule has 2 aromatic heterocycles. The number of aryl methyl sites for hydroxylation is 1. The number of furan rings is 1. The highest BCUT2D eigenvalue weighted by atomic mass is 79.9. The summed E-state index contributed by atoms with van der Waals surface area (Å²) >= 11 is 3.56. The molecule has 5 heteroatoms. The minimum Gasteiger partial charge on any atom is -0.463 e. The first-order valence-corrected chi connectivity index (χ1v) is 7.88. The van der Waals surface area contributed by atoms with Gasteiger partial charge in [0.15, 0.2) is 5.76 Å². The molecule has 0 fully saturated rings. The Balaban J connectivity index is 2.04. The second-order valence-electron chi connectivity index (χ2n) is 5.34. The Morgan fingerprint density at radius 3 is 2.86 bits per heavy atom. The number of fused-ring (bicyclic) bond motifs is 3. The molecular weight excluding hydrogens is 342 g/mol. The van der Waals surface area contributed by atoms with Crippen LogP contribution in [-0.2, 0) is 6.54 Å². The van der Waals surface area contributed by atoms with Crippen LogP contribution in [0.1, 0.15) is 28.5 Å². The largest absolute Gasteiger partial charge is 0.463 e. The molecule has 0 saturated carbocycles. The Labute approximate surface area is 136 Å². The zero-order chi connectivity index (χ0) is 15.3. The molecule has 0 amide bonds. The van der Waals surface area contributed by atoms with E-state index in [2.05, 4.69) is 44.5 Å². The highest BCUT2D eigenvalue weighted by Crippen LogP contribution is 2.29. The SMILES string of the molecule is Cc1nc2n(c1C)-c1ccc(Br)cc1C(c1ccco1)=NC2. The Morgan fingerprint density at radius 1 is 1.23 bits per heavy atom. The predicted molar refractivity (Wildman–Crippen MR) is 88.8 cm³/mol. The lowest BCUT2D eigenvalue weighted by molar-refractivity contribution is 0.557. The van der Waals surface area contributed by atoms with E-state index in [0.717, 1.165) is 44.4 Å². The summed E-state index contributed by atoms with van der Waals surface area (Å²) in [4.78, 5) is 9.42. The third-order valence-electron chi connectivity index (χ3n) is 4.00. The van der Waals surface area contributed by atoms with Crippen molar-refractivity contribution < 1.29 is 4.42 Å². The molecule has 0 atom stereocenters. The van der Waals surface area contributed by atoms with Gasteiger partial charge in [-0.2, -0.15) is 0 Å². The lowest BCUT2D eigenvalue weighted by atomic mass is 10.1. The average molecular weight is 356 g/mol. The number of aromatic nitrogens is 2. The van der Waals surface area contributed by atoms with Crippen molar-refractivity contribution in [2.75, 3.05) is 0 Å². The van der Waals surface area contributed by atoms with Crippen LogP contribution in [-0.4, -0.2) is 15.3 Å². The van der Waals surface area contributed by atoms with Gasteiger partial charge in [-0.05, 0) is 44.2 Å². The fourth-order valence-corrected chi connectivity index (χ4v) is 3.22. The van der Waals surface area contributed by atoms with E-state index in [4.69, 9.17) is 9.41 Å². The Hall–Kier alpha value is -2.14. The van der Waals surface area contributed by atoms with Gasteiger partial charge in [-0.3, -0.25) is 9.56 Å². The zero-order valence-corrected chi connectivity index (χ0v) is 13.9. The van der Waals surface area contributed by atoms with Crippen LogP contribution in [0, 0.1) is 13.8 Å². The molecule has 3 heterocycles. The molecule has 0 spiro atoms. The molecule has 0 N–H and O–H groups in total. The molecule has 0 aliphatic carbocycles. The number of hydrogen-bond donors (Lipinski definition) is 0. The molecule has 22 heavy (non-hydrogen) atoms. The number of halogens is 1. The first-order valence-electron chi connectivity index (χ1n) is 7.08. The van der Waals surface area contributed by atoms with Crippen molar-refractivity contribution in [3.63, 3.8) is 0 Å². The smallest absolute Gasteiger partial charge is 0.152 e. The third-order valence-corrected chi connectivity index (χ3v) is 4.49. The van der Waals surface area contributed by atoms with E-state index in [9.17, 15) is 0 Å². The zero-order valence-electron chi connectivity index (χ0n) is 12.3. The highest BCUT2D eigenvalue weighted by Gasteiger charge is 2.23. The van der Waals surface area contributed by atoms with Gasteiger partial charge >= 0.3 is 0 Å². The summed E-state index contributed by atoms with van der Waals surface area (Å²) in [5.41, 5.74) is 5.19. The normalized spacial score (nSPS) is 13.3. The molecule has 0 unspecified atom stereocenters. The quantitative estimate of drug-likeness (QED) is 0.656. The molecule has 1 aliphatic rings. The van der Waals surface area contributed by atoms with Gasteiger partial charge in [-0.1, -0.05) is 15.9 Å². The summed E-state index contributed by atoms with van der Waals surface area (Å²) in [5.74, 6) is 1.74. The number of nitrogens with zero attached hydrogens (tertiary/aromatic N) is 3. The topological polar surface area (TPSA) is 43.3 Å². The van der Waals surface area contributed by atoms with Gasteiger partial charge < -0.3 is 4.42 Å². The van der Waals surface area contributed by atoms with Crippen LogP contribution >= 0.6 is 15.9 Å². The van der Waals surface area contributed by atoms with Crippen molar-refractivity contribution in [2.45, 2.75) is 20.4 Å². The summed E-state index contributed by atoms with van der Waals surface area (Å²) < 4.78 is 8.79. The van der Waals surface area contributed by atoms with Gasteiger partial charge in [0.1, 0.15) is 11.5 Å². The van der Waals surface area contributed by atoms with Gasteiger partial charge in [-0.15, -0.1) is 0 Å². The summed E-state index contributed by atoms with van der Waals surface area (Å²) in [7, 11) is 0. The minimum absolute atomic E-state index is 0.539. The van der Waals surface area contributed by atoms with Crippen molar-refractivity contribution in [1.29, 1.82) is 0 Å². The Kier molecular flexibility index (Phi) is 3.04. The number of benzene rings is 1. The molecule has 3 aromatic rings. The van der Waals surface area contributed by atoms with E-state index in [0.29, 0.717) is 6.54 Å². The van der Waals surface area contributed by atoms with Crippen LogP contribution in [0.2, 0.25) is 0 Å². The number of imidazole rings is 1. The number of rotatable bonds is 1. The first-order chi connectivity index (χ1) is 10.6. The Morgan fingerprint density at radius 2 is 2.09 bits per heavy atom. The van der Waals surface area contributed by atoms with Crippen molar-refractivity contribution in [1.82, 2.24) is 9.55 Å². The van der Waals surface area contributed by atoms with E-state index in [-0.39, 0.29) is 0 Å². The molecule has 0 bridgehead atoms. The summed E-state index contributed by atoms with van der Waals surface area (Å²) in [6, 6.07) is 10.0. The fourth-order valence-electron chi connectivity index (χ4n) is 2.86. The molecule has 4 rings (SSSR count). The van der Waals surface area contributed by atoms with Crippen LogP contribution in [0.25, 0.3) is 5.69 Å². The van der Waals surface area contributed by atoms with E-state index in [1.165, 1.54) is 0 Å². The summed E-state index contributed by atoms with van der Waals surface area (Å²) in [5, 5.41) is 0. The standard InChI is InChI=1S/C17H14BrN3O/c1-10-11(2)21-14-6-5-12(18)8-13(14)17(15-4-3-7-22-15)19-9-16(21)20-10/h3-8H,9H2,1-2H3. The molecule has 0 saturated heterocycles. The van der Waals surface area contributed by atoms with Crippen LogP contribution in [0.3, 0.4) is 0 Å². The lowest BCUT2D eigenvalue weighted by Gasteiger charge is -2.12. The molecule has 1 aromatic carbocycles. The molecular formula is C17H14BrN3O. The van der Waals surface area contributed by atoms with Crippen LogP contribution in [0.15, 0.2) is 50.5 Å². The lowest BCUT2D eigenvalue weighted by Crippen LogP contribution is -2.07. The average Bonchev–Trinajstić information content (AvgIpc) is 3.07. The third kappa shape index (κ3) is 1.96. The molecule has 4 nitrogen and oxygen atoms in total. The maximum absolute atomic E-state index is 5.58. The van der Waals surface area contributed by atoms with Gasteiger partial charge in [0.25, 0.3) is 0 Å². The monoisotopic (exact) mass is 355 g/mol. The predicted octanol–water partition coefficient (Wildman–Crippen LogP) is 4.20. The maximum atomic E-state index is 5.58. The fraction of sp³-hybridized carbons (Fsp3) is 0.176. The minimum atomic E-state index is 0.539. The van der Waals surface area contributed by atoms with Crippen molar-refractivity contribution in [3.05, 3.63) is 69.6 Å². The summed E-state index contributed by atoms with van der Waals surface area (Å²) in [6.45, 7) is 4.67. The van der Waals surface area contributed by atoms with Gasteiger partial charge in [0.2, 0.25) is 0 Å². The van der Waals surface area contributed by atoms with E-state index in [1.54, 1.807) is 6.26 Å². The second kappa shape index (κ2) is 4.95. The molecule has 1 aliphatic heterocycles. The second-order valence-corrected chi connectivity index (χ2v) is 6.25. The van der Waals surface area contributed by atoms with Crippen LogP contribution in [0.4, 0.5) is 0 Å². The van der Waals surface area contributed by atoms with Crippen molar-refractivity contribution in [2.24, 2.45) is 4.99 Å². The molecule has 110 valence electrons. The Bertz CT molecular complexity index is 891. The van der Waals surface area contributed by atoms with Crippen molar-refractivity contribution in [3.8, 4) is 5.69 Å². The maximum Gasteiger partial charge on any atom is 0.152 e. The van der Waals surface area contributed by atoms with Crippen molar-refractivity contribution >= 4 is 21.6 Å². The van der Waals surface area contributed by atoms with E-state index in [1.807, 2.05) is 25.1 Å². The van der Waals surface area contributed by atoms with Gasteiger partial charge in [-0.25, -0.2) is 4.98 Å². The van der Waals surface area contributed by atoms with Crippen LogP contribution in [0.5, 0.6) is 0 Å². The van der Waals surface area contributed by atoms with Crippen LogP contribution < -0.4 is 0 Å². The van der Waals surface area contributed by atoms with Gasteiger partial charge in [0.05, 0.1) is 24.2 Å². The summed E-state index contributed by atoms with van der Waals surface area (Å²) in [6.07, 6.45) is 1.67. The molecule has 0 radical (unpaired) electrons. The number of hydrogen-bond acceptors (Lipinski definition) is 3. The van der Waals surface area contributed by atoms with E-state index >= 15 is 0 Å². The first kappa shape index (κ1) is 13.5. The number of aliphatic imine (C=N–C) groups is 1. The van der Waals surface area contributed by atoms with E-state index < -0.39 is 0 Å². The highest BCUT2D eigenvalue weighted by molar-refractivity contribution is 9.10.